The monoisotopic (exact) mass is 199 g/mol. The number of aromatic nitrogens is 2. The lowest BCUT2D eigenvalue weighted by atomic mass is 10.2. The van der Waals surface area contributed by atoms with Gasteiger partial charge in [-0.2, -0.15) is 5.10 Å². The molecule has 0 aromatic carbocycles. The van der Waals surface area contributed by atoms with E-state index in [1.54, 1.807) is 11.8 Å². The first-order chi connectivity index (χ1) is 6.66. The number of nitrogens with zero attached hydrogens (tertiary/aromatic N) is 2. The third kappa shape index (κ3) is 2.46. The SMILES string of the molecule is COCCOCc1c(C)nn(C)c1N. The van der Waals surface area contributed by atoms with Crippen LogP contribution >= 0.6 is 0 Å². The lowest BCUT2D eigenvalue weighted by Gasteiger charge is -2.03. The van der Waals surface area contributed by atoms with Gasteiger partial charge in [-0.25, -0.2) is 0 Å². The van der Waals surface area contributed by atoms with Gasteiger partial charge in [0, 0.05) is 19.7 Å². The zero-order chi connectivity index (χ0) is 10.6. The Morgan fingerprint density at radius 3 is 2.64 bits per heavy atom. The minimum Gasteiger partial charge on any atom is -0.384 e. The summed E-state index contributed by atoms with van der Waals surface area (Å²) in [5.74, 6) is 0.667. The van der Waals surface area contributed by atoms with Crippen LogP contribution in [0.15, 0.2) is 0 Å². The van der Waals surface area contributed by atoms with Gasteiger partial charge in [0.1, 0.15) is 5.82 Å². The van der Waals surface area contributed by atoms with Gasteiger partial charge >= 0.3 is 0 Å². The first kappa shape index (κ1) is 11.0. The van der Waals surface area contributed by atoms with Gasteiger partial charge < -0.3 is 15.2 Å². The van der Waals surface area contributed by atoms with E-state index in [2.05, 4.69) is 5.10 Å². The Morgan fingerprint density at radius 1 is 1.43 bits per heavy atom. The first-order valence-electron chi connectivity index (χ1n) is 4.51. The Bertz CT molecular complexity index is 296. The van der Waals surface area contributed by atoms with Gasteiger partial charge in [0.2, 0.25) is 0 Å². The second kappa shape index (κ2) is 4.97. The maximum Gasteiger partial charge on any atom is 0.127 e. The number of methoxy groups -OCH3 is 1. The molecule has 0 saturated heterocycles. The van der Waals surface area contributed by atoms with Crippen molar-refractivity contribution in [2.75, 3.05) is 26.1 Å². The topological polar surface area (TPSA) is 62.3 Å². The highest BCUT2D eigenvalue weighted by molar-refractivity contribution is 5.42. The van der Waals surface area contributed by atoms with Crippen molar-refractivity contribution in [1.82, 2.24) is 9.78 Å². The van der Waals surface area contributed by atoms with Crippen LogP contribution in [-0.4, -0.2) is 30.1 Å². The van der Waals surface area contributed by atoms with E-state index >= 15 is 0 Å². The van der Waals surface area contributed by atoms with E-state index in [1.165, 1.54) is 0 Å². The molecule has 2 N–H and O–H groups in total. The van der Waals surface area contributed by atoms with Crippen molar-refractivity contribution in [2.45, 2.75) is 13.5 Å². The highest BCUT2D eigenvalue weighted by atomic mass is 16.5. The van der Waals surface area contributed by atoms with E-state index in [0.717, 1.165) is 11.3 Å². The molecule has 14 heavy (non-hydrogen) atoms. The summed E-state index contributed by atoms with van der Waals surface area (Å²) in [6.07, 6.45) is 0. The predicted octanol–water partition coefficient (Wildman–Crippen LogP) is 0.474. The molecule has 0 aliphatic carbocycles. The Morgan fingerprint density at radius 2 is 2.14 bits per heavy atom. The molecular formula is C9H17N3O2. The van der Waals surface area contributed by atoms with Gasteiger partial charge in [-0.3, -0.25) is 4.68 Å². The lowest BCUT2D eigenvalue weighted by Crippen LogP contribution is -2.04. The number of ether oxygens (including phenoxy) is 2. The molecule has 80 valence electrons. The summed E-state index contributed by atoms with van der Waals surface area (Å²) >= 11 is 0. The lowest BCUT2D eigenvalue weighted by molar-refractivity contribution is 0.0617. The summed E-state index contributed by atoms with van der Waals surface area (Å²) in [6.45, 7) is 3.59. The molecule has 1 rings (SSSR count). The van der Waals surface area contributed by atoms with E-state index in [4.69, 9.17) is 15.2 Å². The average Bonchev–Trinajstić information content (AvgIpc) is 2.38. The fourth-order valence-electron chi connectivity index (χ4n) is 1.21. The molecule has 0 bridgehead atoms. The molecule has 5 nitrogen and oxygen atoms in total. The van der Waals surface area contributed by atoms with Crippen molar-refractivity contribution < 1.29 is 9.47 Å². The van der Waals surface area contributed by atoms with Crippen molar-refractivity contribution >= 4 is 5.82 Å². The van der Waals surface area contributed by atoms with Crippen LogP contribution in [0.3, 0.4) is 0 Å². The van der Waals surface area contributed by atoms with Crippen molar-refractivity contribution in [1.29, 1.82) is 0 Å². The highest BCUT2D eigenvalue weighted by Crippen LogP contribution is 2.15. The summed E-state index contributed by atoms with van der Waals surface area (Å²) in [6, 6.07) is 0. The minimum absolute atomic E-state index is 0.495. The van der Waals surface area contributed by atoms with E-state index < -0.39 is 0 Å². The van der Waals surface area contributed by atoms with Crippen molar-refractivity contribution in [3.63, 3.8) is 0 Å². The maximum absolute atomic E-state index is 5.81. The van der Waals surface area contributed by atoms with Crippen LogP contribution in [0.1, 0.15) is 11.3 Å². The van der Waals surface area contributed by atoms with Crippen LogP contribution in [0.5, 0.6) is 0 Å². The van der Waals surface area contributed by atoms with Gasteiger partial charge in [-0.1, -0.05) is 0 Å². The molecule has 5 heteroatoms. The molecule has 1 heterocycles. The molecule has 0 aliphatic rings. The van der Waals surface area contributed by atoms with E-state index in [9.17, 15) is 0 Å². The molecule has 0 saturated carbocycles. The number of anilines is 1. The minimum atomic E-state index is 0.495. The normalized spacial score (nSPS) is 10.8. The second-order valence-electron chi connectivity index (χ2n) is 3.12. The predicted molar refractivity (Wildman–Crippen MR) is 53.9 cm³/mol. The molecule has 0 atom stereocenters. The van der Waals surface area contributed by atoms with Crippen LogP contribution in [0.25, 0.3) is 0 Å². The molecule has 1 aromatic rings. The number of aryl methyl sites for hydroxylation is 2. The first-order valence-corrected chi connectivity index (χ1v) is 4.51. The third-order valence-corrected chi connectivity index (χ3v) is 2.07. The van der Waals surface area contributed by atoms with E-state index in [0.29, 0.717) is 25.6 Å². The van der Waals surface area contributed by atoms with E-state index in [1.807, 2.05) is 14.0 Å². The van der Waals surface area contributed by atoms with Crippen LogP contribution in [0.2, 0.25) is 0 Å². The van der Waals surface area contributed by atoms with E-state index in [-0.39, 0.29) is 0 Å². The molecule has 0 unspecified atom stereocenters. The standard InChI is InChI=1S/C9H17N3O2/c1-7-8(6-14-5-4-13-3)9(10)12(2)11-7/h4-6,10H2,1-3H3. The quantitative estimate of drug-likeness (QED) is 0.700. The number of nitrogens with two attached hydrogens (primary N) is 1. The summed E-state index contributed by atoms with van der Waals surface area (Å²) in [5.41, 5.74) is 7.69. The molecule has 0 spiro atoms. The zero-order valence-electron chi connectivity index (χ0n) is 8.91. The molecule has 0 aliphatic heterocycles. The van der Waals surface area contributed by atoms with Gasteiger partial charge in [0.15, 0.2) is 0 Å². The summed E-state index contributed by atoms with van der Waals surface area (Å²) in [5, 5.41) is 4.19. The van der Waals surface area contributed by atoms with Crippen LogP contribution < -0.4 is 5.73 Å². The van der Waals surface area contributed by atoms with Crippen LogP contribution in [0.4, 0.5) is 5.82 Å². The van der Waals surface area contributed by atoms with Crippen LogP contribution in [0, 0.1) is 6.92 Å². The Hall–Kier alpha value is -1.07. The van der Waals surface area contributed by atoms with Crippen molar-refractivity contribution in [3.8, 4) is 0 Å². The van der Waals surface area contributed by atoms with Gasteiger partial charge in [0.25, 0.3) is 0 Å². The molecule has 0 radical (unpaired) electrons. The summed E-state index contributed by atoms with van der Waals surface area (Å²) < 4.78 is 11.9. The summed E-state index contributed by atoms with van der Waals surface area (Å²) in [4.78, 5) is 0. The van der Waals surface area contributed by atoms with Crippen molar-refractivity contribution in [3.05, 3.63) is 11.3 Å². The second-order valence-corrected chi connectivity index (χ2v) is 3.12. The van der Waals surface area contributed by atoms with Gasteiger partial charge in [0.05, 0.1) is 25.5 Å². The highest BCUT2D eigenvalue weighted by Gasteiger charge is 2.09. The molecule has 0 fully saturated rings. The Balaban J connectivity index is 2.49. The largest absolute Gasteiger partial charge is 0.384 e. The van der Waals surface area contributed by atoms with Crippen LogP contribution in [-0.2, 0) is 23.1 Å². The number of nitrogen functional groups attached to an aromatic ring is 1. The fourth-order valence-corrected chi connectivity index (χ4v) is 1.21. The maximum atomic E-state index is 5.81. The fraction of sp³-hybridized carbons (Fsp3) is 0.667. The average molecular weight is 199 g/mol. The Kier molecular flexibility index (Phi) is 3.91. The molecular weight excluding hydrogens is 182 g/mol. The summed E-state index contributed by atoms with van der Waals surface area (Å²) in [7, 11) is 3.47. The van der Waals surface area contributed by atoms with Gasteiger partial charge in [-0.05, 0) is 6.92 Å². The van der Waals surface area contributed by atoms with Gasteiger partial charge in [-0.15, -0.1) is 0 Å². The number of hydrogen-bond acceptors (Lipinski definition) is 4. The molecule has 1 aromatic heterocycles. The number of rotatable bonds is 5. The zero-order valence-corrected chi connectivity index (χ0v) is 8.91. The number of hydrogen-bond donors (Lipinski definition) is 1. The third-order valence-electron chi connectivity index (χ3n) is 2.07. The van der Waals surface area contributed by atoms with Crippen molar-refractivity contribution in [2.24, 2.45) is 7.05 Å². The molecule has 0 amide bonds. The smallest absolute Gasteiger partial charge is 0.127 e. The Labute approximate surface area is 83.8 Å².